The molecule has 0 radical (unpaired) electrons. The third-order valence-corrected chi connectivity index (χ3v) is 8.01. The predicted octanol–water partition coefficient (Wildman–Crippen LogP) is 4.77. The summed E-state index contributed by atoms with van der Waals surface area (Å²) in [5, 5.41) is 18.3. The summed E-state index contributed by atoms with van der Waals surface area (Å²) in [6.45, 7) is 4.69. The van der Waals surface area contributed by atoms with Crippen molar-refractivity contribution >= 4 is 22.8 Å². The molecule has 2 unspecified atom stereocenters. The normalized spacial score (nSPS) is 29.7. The number of methoxy groups -OCH3 is 1. The topological polar surface area (TPSA) is 88.8 Å². The Kier molecular flexibility index (Phi) is 7.07. The van der Waals surface area contributed by atoms with Crippen LogP contribution in [0.1, 0.15) is 76.0 Å². The van der Waals surface area contributed by atoms with Crippen LogP contribution in [0, 0.1) is 17.8 Å². The van der Waals surface area contributed by atoms with Crippen LogP contribution in [0.4, 0.5) is 5.95 Å². The molecule has 2 fully saturated rings. The van der Waals surface area contributed by atoms with Crippen LogP contribution in [-0.2, 0) is 9.53 Å². The number of nitrogens with one attached hydrogen (secondary N) is 1. The van der Waals surface area contributed by atoms with Gasteiger partial charge in [-0.1, -0.05) is 25.2 Å². The van der Waals surface area contributed by atoms with E-state index >= 15 is 0 Å². The molecule has 188 valence electrons. The first kappa shape index (κ1) is 24.2. The number of aromatic nitrogens is 3. The Balaban J connectivity index is 1.43. The van der Waals surface area contributed by atoms with Crippen molar-refractivity contribution in [3.63, 3.8) is 0 Å². The van der Waals surface area contributed by atoms with Gasteiger partial charge in [0, 0.05) is 42.7 Å². The minimum atomic E-state index is -0.190. The zero-order valence-corrected chi connectivity index (χ0v) is 21.1. The average Bonchev–Trinajstić information content (AvgIpc) is 3.52. The molecule has 2 heterocycles. The van der Waals surface area contributed by atoms with Crippen molar-refractivity contribution in [3.05, 3.63) is 41.7 Å². The third kappa shape index (κ3) is 5.21. The van der Waals surface area contributed by atoms with Gasteiger partial charge < -0.3 is 15.2 Å². The fraction of sp³-hybridized carbons (Fsp3) is 0.607. The lowest BCUT2D eigenvalue weighted by atomic mass is 9.85. The number of hydrogen-bond acceptors (Lipinski definition) is 6. The molecule has 3 aliphatic carbocycles. The van der Waals surface area contributed by atoms with Gasteiger partial charge in [0.1, 0.15) is 5.78 Å². The molecule has 0 saturated heterocycles. The van der Waals surface area contributed by atoms with Crippen LogP contribution in [0.15, 0.2) is 30.5 Å². The van der Waals surface area contributed by atoms with Crippen LogP contribution in [0.2, 0.25) is 0 Å². The number of ether oxygens (including phenoxy) is 1. The lowest BCUT2D eigenvalue weighted by Gasteiger charge is -2.25. The molecule has 35 heavy (non-hydrogen) atoms. The molecule has 2 aromatic rings. The zero-order chi connectivity index (χ0) is 24.5. The van der Waals surface area contributed by atoms with Gasteiger partial charge in [0.2, 0.25) is 5.95 Å². The number of aliphatic hydroxyl groups excluding tert-OH is 1. The zero-order valence-electron chi connectivity index (χ0n) is 21.1. The first-order valence-corrected chi connectivity index (χ1v) is 13.2. The number of allylic oxidation sites excluding steroid dienone is 4. The number of anilines is 1. The van der Waals surface area contributed by atoms with Gasteiger partial charge in [0.05, 0.1) is 24.4 Å². The monoisotopic (exact) mass is 478 g/mol. The highest BCUT2D eigenvalue weighted by Gasteiger charge is 2.31. The van der Waals surface area contributed by atoms with Crippen LogP contribution < -0.4 is 5.32 Å². The fourth-order valence-corrected chi connectivity index (χ4v) is 6.15. The number of rotatable bonds is 8. The van der Waals surface area contributed by atoms with Gasteiger partial charge >= 0.3 is 0 Å². The van der Waals surface area contributed by atoms with Gasteiger partial charge in [0.15, 0.2) is 0 Å². The molecule has 0 amide bonds. The van der Waals surface area contributed by atoms with Crippen molar-refractivity contribution in [2.24, 2.45) is 17.8 Å². The second-order valence-corrected chi connectivity index (χ2v) is 10.9. The standard InChI is InChI=1S/C28H38N4O3/c1-17-10-20(13-27(17)34)11-19-4-5-22(12-19)24-14-25(21-6-8-23(33)9-7-21)32-26(24)15-29-28(31-32)30-18(2)16-35-3/h4-5,12,14-15,17-21,23,33H,6-11,13,16H2,1-3H3,(H,30,31)/t17?,18-,19?,20-,21?,23?/m0/s1. The van der Waals surface area contributed by atoms with E-state index in [1.807, 2.05) is 6.20 Å². The molecule has 0 bridgehead atoms. The molecule has 7 nitrogen and oxygen atoms in total. The predicted molar refractivity (Wildman–Crippen MR) is 137 cm³/mol. The van der Waals surface area contributed by atoms with E-state index < -0.39 is 0 Å². The Hall–Kier alpha value is -2.51. The molecule has 3 aliphatic rings. The Morgan fingerprint density at radius 3 is 2.80 bits per heavy atom. The SMILES string of the molecule is COC[C@H](C)Nc1ncc2c(C3=CC(C[C@H]4CC(=O)C(C)C4)C=C3)cc(C3CCC(O)CC3)n2n1. The molecular formula is C28H38N4O3. The number of hydrogen-bond donors (Lipinski definition) is 2. The van der Waals surface area contributed by atoms with Crippen LogP contribution in [0.3, 0.4) is 0 Å². The summed E-state index contributed by atoms with van der Waals surface area (Å²) in [6.07, 6.45) is 15.0. The molecule has 4 atom stereocenters. The number of aliphatic hydroxyl groups is 1. The minimum absolute atomic E-state index is 0.104. The summed E-state index contributed by atoms with van der Waals surface area (Å²) < 4.78 is 7.31. The molecule has 2 aromatic heterocycles. The molecule has 5 rings (SSSR count). The Morgan fingerprint density at radius 1 is 1.29 bits per heavy atom. The summed E-state index contributed by atoms with van der Waals surface area (Å²) in [5.41, 5.74) is 4.58. The second-order valence-electron chi connectivity index (χ2n) is 10.9. The van der Waals surface area contributed by atoms with E-state index in [1.165, 1.54) is 11.3 Å². The number of nitrogens with zero attached hydrogens (tertiary/aromatic N) is 3. The van der Waals surface area contributed by atoms with E-state index in [-0.39, 0.29) is 18.1 Å². The van der Waals surface area contributed by atoms with Crippen LogP contribution in [0.5, 0.6) is 0 Å². The Morgan fingerprint density at radius 2 is 2.09 bits per heavy atom. The van der Waals surface area contributed by atoms with Gasteiger partial charge in [-0.05, 0) is 68.9 Å². The number of ketones is 1. The number of carbonyl (C=O) groups is 1. The fourth-order valence-electron chi connectivity index (χ4n) is 6.15. The van der Waals surface area contributed by atoms with Gasteiger partial charge in [-0.2, -0.15) is 0 Å². The average molecular weight is 479 g/mol. The maximum atomic E-state index is 12.0. The van der Waals surface area contributed by atoms with E-state index in [9.17, 15) is 9.90 Å². The number of Topliss-reactive ketones (excluding diaryl/α,β-unsaturated/α-hetero) is 1. The highest BCUT2D eigenvalue weighted by Crippen LogP contribution is 2.40. The highest BCUT2D eigenvalue weighted by molar-refractivity contribution is 5.86. The van der Waals surface area contributed by atoms with E-state index in [0.29, 0.717) is 36.1 Å². The van der Waals surface area contributed by atoms with Gasteiger partial charge in [-0.3, -0.25) is 4.79 Å². The van der Waals surface area contributed by atoms with Crippen molar-refractivity contribution in [1.82, 2.24) is 14.6 Å². The number of carbonyl (C=O) groups excluding carboxylic acids is 1. The van der Waals surface area contributed by atoms with E-state index in [2.05, 4.69) is 53.0 Å². The van der Waals surface area contributed by atoms with E-state index in [0.717, 1.165) is 56.0 Å². The van der Waals surface area contributed by atoms with Crippen LogP contribution in [-0.4, -0.2) is 51.4 Å². The summed E-state index contributed by atoms with van der Waals surface area (Å²) in [5.74, 6) is 2.45. The summed E-state index contributed by atoms with van der Waals surface area (Å²) in [6, 6.07) is 2.39. The second kappa shape index (κ2) is 10.2. The molecular weight excluding hydrogens is 440 g/mol. The summed E-state index contributed by atoms with van der Waals surface area (Å²) >= 11 is 0. The third-order valence-electron chi connectivity index (χ3n) is 8.01. The smallest absolute Gasteiger partial charge is 0.241 e. The highest BCUT2D eigenvalue weighted by atomic mass is 16.5. The molecule has 0 spiro atoms. The molecule has 0 aliphatic heterocycles. The van der Waals surface area contributed by atoms with Gasteiger partial charge in [0.25, 0.3) is 0 Å². The van der Waals surface area contributed by atoms with Crippen molar-refractivity contribution in [2.45, 2.75) is 76.9 Å². The van der Waals surface area contributed by atoms with E-state index in [4.69, 9.17) is 9.84 Å². The van der Waals surface area contributed by atoms with Crippen LogP contribution in [0.25, 0.3) is 11.1 Å². The molecule has 2 saturated carbocycles. The number of fused-ring (bicyclic) bond motifs is 1. The van der Waals surface area contributed by atoms with Crippen LogP contribution >= 0.6 is 0 Å². The molecule has 7 heteroatoms. The minimum Gasteiger partial charge on any atom is -0.393 e. The Labute approximate surface area is 207 Å². The van der Waals surface area contributed by atoms with Crippen molar-refractivity contribution in [2.75, 3.05) is 19.0 Å². The lowest BCUT2D eigenvalue weighted by Crippen LogP contribution is -2.23. The summed E-state index contributed by atoms with van der Waals surface area (Å²) in [7, 11) is 1.69. The first-order valence-electron chi connectivity index (χ1n) is 13.2. The lowest BCUT2D eigenvalue weighted by molar-refractivity contribution is -0.120. The van der Waals surface area contributed by atoms with Crippen molar-refractivity contribution in [1.29, 1.82) is 0 Å². The maximum absolute atomic E-state index is 12.0. The van der Waals surface area contributed by atoms with Crippen molar-refractivity contribution < 1.29 is 14.6 Å². The molecule has 0 aromatic carbocycles. The first-order chi connectivity index (χ1) is 16.9. The van der Waals surface area contributed by atoms with Gasteiger partial charge in [-0.25, -0.2) is 9.50 Å². The van der Waals surface area contributed by atoms with E-state index in [1.54, 1.807) is 7.11 Å². The largest absolute Gasteiger partial charge is 0.393 e. The van der Waals surface area contributed by atoms with Gasteiger partial charge in [-0.15, -0.1) is 5.10 Å². The van der Waals surface area contributed by atoms with Crippen molar-refractivity contribution in [3.8, 4) is 0 Å². The summed E-state index contributed by atoms with van der Waals surface area (Å²) in [4.78, 5) is 16.6. The molecule has 2 N–H and O–H groups in total. The maximum Gasteiger partial charge on any atom is 0.241 e. The quantitative estimate of drug-likeness (QED) is 0.568. The Bertz CT molecular complexity index is 1130.